The zero-order chi connectivity index (χ0) is 20.6. The minimum atomic E-state index is -0.473. The van der Waals surface area contributed by atoms with Crippen molar-refractivity contribution in [3.05, 3.63) is 11.7 Å². The highest BCUT2D eigenvalue weighted by Crippen LogP contribution is 2.60. The summed E-state index contributed by atoms with van der Waals surface area (Å²) >= 11 is 0. The first-order chi connectivity index (χ1) is 13.7. The van der Waals surface area contributed by atoms with E-state index < -0.39 is 5.60 Å². The number of unbranched alkanes of at least 4 members (excludes halogenated alkanes) is 1. The Morgan fingerprint density at radius 1 is 1.21 bits per heavy atom. The number of carbonyl (C=O) groups is 1. The highest BCUT2D eigenvalue weighted by Gasteiger charge is 2.53. The number of aromatic nitrogens is 2. The van der Waals surface area contributed by atoms with Gasteiger partial charge in [-0.05, 0) is 96.3 Å². The molecule has 1 aromatic rings. The van der Waals surface area contributed by atoms with E-state index in [2.05, 4.69) is 10.5 Å². The number of hydrogen-bond acceptors (Lipinski definition) is 6. The molecular formula is C22H36N4O3. The van der Waals surface area contributed by atoms with Crippen LogP contribution in [0.5, 0.6) is 0 Å². The van der Waals surface area contributed by atoms with Gasteiger partial charge >= 0.3 is 6.09 Å². The van der Waals surface area contributed by atoms with Crippen LogP contribution >= 0.6 is 0 Å². The Kier molecular flexibility index (Phi) is 5.62. The van der Waals surface area contributed by atoms with Crippen molar-refractivity contribution in [1.29, 1.82) is 0 Å². The molecule has 1 atom stereocenters. The third-order valence-electron chi connectivity index (χ3n) is 6.88. The maximum Gasteiger partial charge on any atom is 0.407 e. The van der Waals surface area contributed by atoms with E-state index >= 15 is 0 Å². The highest BCUT2D eigenvalue weighted by molar-refractivity contribution is 5.67. The minimum Gasteiger partial charge on any atom is -0.444 e. The Morgan fingerprint density at radius 3 is 2.41 bits per heavy atom. The Bertz CT molecular complexity index is 689. The zero-order valence-electron chi connectivity index (χ0n) is 18.1. The summed E-state index contributed by atoms with van der Waals surface area (Å²) in [5.74, 6) is 4.04. The zero-order valence-corrected chi connectivity index (χ0v) is 18.1. The number of rotatable bonds is 7. The molecule has 0 aromatic carbocycles. The molecule has 0 radical (unpaired) electrons. The maximum absolute atomic E-state index is 11.7. The van der Waals surface area contributed by atoms with Gasteiger partial charge in [-0.25, -0.2) is 4.79 Å². The topological polar surface area (TPSA) is 103 Å². The monoisotopic (exact) mass is 404 g/mol. The van der Waals surface area contributed by atoms with E-state index in [4.69, 9.17) is 20.0 Å². The summed E-state index contributed by atoms with van der Waals surface area (Å²) in [7, 11) is 0. The number of nitrogens with one attached hydrogen (secondary N) is 1. The lowest BCUT2D eigenvalue weighted by Gasteiger charge is -2.55. The van der Waals surface area contributed by atoms with Gasteiger partial charge in [0.2, 0.25) is 5.89 Å². The van der Waals surface area contributed by atoms with E-state index in [9.17, 15) is 4.79 Å². The van der Waals surface area contributed by atoms with Crippen LogP contribution in [0.2, 0.25) is 0 Å². The van der Waals surface area contributed by atoms with Crippen molar-refractivity contribution in [2.45, 2.75) is 95.6 Å². The normalized spacial score (nSPS) is 31.7. The van der Waals surface area contributed by atoms with Crippen molar-refractivity contribution in [2.75, 3.05) is 6.54 Å². The number of nitrogens with zero attached hydrogens (tertiary/aromatic N) is 2. The molecule has 1 heterocycles. The van der Waals surface area contributed by atoms with Gasteiger partial charge in [-0.15, -0.1) is 0 Å². The second-order valence-corrected chi connectivity index (χ2v) is 10.7. The van der Waals surface area contributed by atoms with Crippen LogP contribution in [0.3, 0.4) is 0 Å². The van der Waals surface area contributed by atoms with Crippen LogP contribution in [0.15, 0.2) is 4.52 Å². The molecule has 4 fully saturated rings. The van der Waals surface area contributed by atoms with E-state index in [-0.39, 0.29) is 17.6 Å². The first kappa shape index (κ1) is 20.6. The molecule has 0 saturated heterocycles. The lowest BCUT2D eigenvalue weighted by Crippen LogP contribution is -2.49. The first-order valence-electron chi connectivity index (χ1n) is 11.3. The van der Waals surface area contributed by atoms with E-state index in [1.807, 2.05) is 20.8 Å². The largest absolute Gasteiger partial charge is 0.444 e. The quantitative estimate of drug-likeness (QED) is 0.659. The van der Waals surface area contributed by atoms with Gasteiger partial charge in [0, 0.05) is 12.0 Å². The van der Waals surface area contributed by atoms with Crippen LogP contribution in [0, 0.1) is 17.8 Å². The van der Waals surface area contributed by atoms with Gasteiger partial charge < -0.3 is 20.3 Å². The molecular weight excluding hydrogens is 368 g/mol. The average Bonchev–Trinajstić information content (AvgIpc) is 3.09. The van der Waals surface area contributed by atoms with Crippen molar-refractivity contribution >= 4 is 6.09 Å². The van der Waals surface area contributed by atoms with Crippen molar-refractivity contribution in [3.8, 4) is 0 Å². The summed E-state index contributed by atoms with van der Waals surface area (Å²) < 4.78 is 10.8. The number of carbonyl (C=O) groups excluding carboxylic acids is 1. The molecule has 5 rings (SSSR count). The summed E-state index contributed by atoms with van der Waals surface area (Å²) in [6.45, 7) is 6.14. The molecule has 7 nitrogen and oxygen atoms in total. The third-order valence-corrected chi connectivity index (χ3v) is 6.88. The fourth-order valence-corrected chi connectivity index (χ4v) is 6.10. The van der Waals surface area contributed by atoms with Crippen LogP contribution in [0.4, 0.5) is 4.79 Å². The molecule has 7 heteroatoms. The maximum atomic E-state index is 11.7. The highest BCUT2D eigenvalue weighted by atomic mass is 16.6. The lowest BCUT2D eigenvalue weighted by atomic mass is 9.49. The van der Waals surface area contributed by atoms with Gasteiger partial charge in [0.25, 0.3) is 0 Å². The summed E-state index contributed by atoms with van der Waals surface area (Å²) in [5, 5.41) is 7.17. The standard InChI is InChI=1S/C22H36N4O3/c1-21(2,3)28-20(27)24-7-5-4-6-17(23)18-25-19(26-29-18)22-11-14-8-15(12-22)10-16(9-14)13-22/h14-17H,4-13,23H2,1-3H3,(H,24,27). The van der Waals surface area contributed by atoms with Crippen LogP contribution in [0.1, 0.15) is 96.3 Å². The smallest absolute Gasteiger partial charge is 0.407 e. The molecule has 4 aliphatic carbocycles. The molecule has 4 aliphatic rings. The molecule has 1 aromatic heterocycles. The molecule has 1 unspecified atom stereocenters. The number of hydrogen-bond donors (Lipinski definition) is 2. The lowest BCUT2D eigenvalue weighted by molar-refractivity contribution is -0.0103. The van der Waals surface area contributed by atoms with Crippen molar-refractivity contribution in [2.24, 2.45) is 23.5 Å². The van der Waals surface area contributed by atoms with Crippen LogP contribution < -0.4 is 11.1 Å². The number of amides is 1. The number of alkyl carbamates (subject to hydrolysis) is 1. The Balaban J connectivity index is 1.23. The molecule has 0 spiro atoms. The van der Waals surface area contributed by atoms with Crippen LogP contribution in [0.25, 0.3) is 0 Å². The Morgan fingerprint density at radius 2 is 1.83 bits per heavy atom. The second kappa shape index (κ2) is 7.89. The first-order valence-corrected chi connectivity index (χ1v) is 11.3. The molecule has 162 valence electrons. The van der Waals surface area contributed by atoms with Crippen LogP contribution in [-0.2, 0) is 10.2 Å². The Hall–Kier alpha value is -1.63. The van der Waals surface area contributed by atoms with E-state index in [0.717, 1.165) is 42.8 Å². The third kappa shape index (κ3) is 4.76. The summed E-state index contributed by atoms with van der Waals surface area (Å²) in [5.41, 5.74) is 5.99. The van der Waals surface area contributed by atoms with Crippen molar-refractivity contribution in [3.63, 3.8) is 0 Å². The number of nitrogens with two attached hydrogens (primary N) is 1. The predicted octanol–water partition coefficient (Wildman–Crippen LogP) is 4.23. The SMILES string of the molecule is CC(C)(C)OC(=O)NCCCCC(N)c1nc(C23CC4CC(CC(C4)C2)C3)no1. The summed E-state index contributed by atoms with van der Waals surface area (Å²) in [6.07, 6.45) is 9.99. The molecule has 29 heavy (non-hydrogen) atoms. The minimum absolute atomic E-state index is 0.146. The van der Waals surface area contributed by atoms with Gasteiger partial charge in [0.05, 0.1) is 6.04 Å². The van der Waals surface area contributed by atoms with Crippen molar-refractivity contribution in [1.82, 2.24) is 15.5 Å². The fraction of sp³-hybridized carbons (Fsp3) is 0.864. The molecule has 0 aliphatic heterocycles. The Labute approximate surface area is 173 Å². The van der Waals surface area contributed by atoms with E-state index in [1.54, 1.807) is 0 Å². The number of ether oxygens (including phenoxy) is 1. The van der Waals surface area contributed by atoms with Crippen molar-refractivity contribution < 1.29 is 14.1 Å². The average molecular weight is 405 g/mol. The van der Waals surface area contributed by atoms with E-state index in [0.29, 0.717) is 12.4 Å². The molecule has 1 amide bonds. The van der Waals surface area contributed by atoms with Crippen LogP contribution in [-0.4, -0.2) is 28.4 Å². The molecule has 3 N–H and O–H groups in total. The van der Waals surface area contributed by atoms with Gasteiger partial charge in [0.15, 0.2) is 5.82 Å². The summed E-state index contributed by atoms with van der Waals surface area (Å²) in [6, 6.07) is -0.244. The van der Waals surface area contributed by atoms with E-state index in [1.165, 1.54) is 38.5 Å². The molecule has 4 saturated carbocycles. The van der Waals surface area contributed by atoms with Gasteiger partial charge in [-0.2, -0.15) is 4.98 Å². The van der Waals surface area contributed by atoms with Gasteiger partial charge in [0.1, 0.15) is 5.60 Å². The van der Waals surface area contributed by atoms with Gasteiger partial charge in [-0.1, -0.05) is 5.16 Å². The summed E-state index contributed by atoms with van der Waals surface area (Å²) in [4.78, 5) is 16.4. The second-order valence-electron chi connectivity index (χ2n) is 10.7. The predicted molar refractivity (Wildman–Crippen MR) is 109 cm³/mol. The molecule has 4 bridgehead atoms. The van der Waals surface area contributed by atoms with Gasteiger partial charge in [-0.3, -0.25) is 0 Å². The fourth-order valence-electron chi connectivity index (χ4n) is 6.10.